The summed E-state index contributed by atoms with van der Waals surface area (Å²) in [5, 5.41) is 0. The first-order chi connectivity index (χ1) is 13.9. The number of hydrogen-bond acceptors (Lipinski definition) is 5. The van der Waals surface area contributed by atoms with Gasteiger partial charge in [0.2, 0.25) is 0 Å². The number of methoxy groups -OCH3 is 1. The molecule has 2 aromatic rings. The van der Waals surface area contributed by atoms with E-state index in [2.05, 4.69) is 41.1 Å². The van der Waals surface area contributed by atoms with Crippen LogP contribution in [0.5, 0.6) is 0 Å². The molecule has 2 heterocycles. The van der Waals surface area contributed by atoms with Gasteiger partial charge < -0.3 is 19.4 Å². The van der Waals surface area contributed by atoms with Crippen molar-refractivity contribution in [2.24, 2.45) is 0 Å². The second-order valence-corrected chi connectivity index (χ2v) is 7.77. The summed E-state index contributed by atoms with van der Waals surface area (Å²) in [7, 11) is 5.27. The van der Waals surface area contributed by atoms with Gasteiger partial charge in [-0.2, -0.15) is 0 Å². The number of anilines is 1. The molecule has 1 aliphatic heterocycles. The first-order valence-electron chi connectivity index (χ1n) is 10.0. The molecule has 0 spiro atoms. The van der Waals surface area contributed by atoms with Crippen molar-refractivity contribution in [3.05, 3.63) is 52.5 Å². The predicted molar refractivity (Wildman–Crippen MR) is 114 cm³/mol. The van der Waals surface area contributed by atoms with Gasteiger partial charge in [0.15, 0.2) is 0 Å². The number of hydrogen-bond donors (Lipinski definition) is 0. The van der Waals surface area contributed by atoms with Crippen LogP contribution in [0.25, 0.3) is 0 Å². The third-order valence-corrected chi connectivity index (χ3v) is 5.20. The van der Waals surface area contributed by atoms with Gasteiger partial charge in [-0.25, -0.2) is 14.8 Å². The first kappa shape index (κ1) is 21.0. The van der Waals surface area contributed by atoms with Crippen molar-refractivity contribution in [2.75, 3.05) is 52.3 Å². The average molecular weight is 398 g/mol. The largest absolute Gasteiger partial charge is 0.378 e. The van der Waals surface area contributed by atoms with Crippen LogP contribution in [0.1, 0.15) is 28.2 Å². The van der Waals surface area contributed by atoms with Gasteiger partial charge in [0.1, 0.15) is 11.6 Å². The van der Waals surface area contributed by atoms with Crippen molar-refractivity contribution in [1.29, 1.82) is 0 Å². The molecule has 0 unspecified atom stereocenters. The van der Waals surface area contributed by atoms with Crippen LogP contribution in [-0.4, -0.2) is 73.2 Å². The Morgan fingerprint density at radius 3 is 2.31 bits per heavy atom. The van der Waals surface area contributed by atoms with Crippen molar-refractivity contribution >= 4 is 11.8 Å². The van der Waals surface area contributed by atoms with E-state index < -0.39 is 0 Å². The van der Waals surface area contributed by atoms with Crippen LogP contribution in [0.2, 0.25) is 0 Å². The molecule has 7 heteroatoms. The van der Waals surface area contributed by atoms with E-state index in [1.54, 1.807) is 26.1 Å². The number of aryl methyl sites for hydroxylation is 2. The highest BCUT2D eigenvalue weighted by molar-refractivity contribution is 5.74. The summed E-state index contributed by atoms with van der Waals surface area (Å²) in [6, 6.07) is 8.63. The van der Waals surface area contributed by atoms with Gasteiger partial charge in [-0.15, -0.1) is 0 Å². The quantitative estimate of drug-likeness (QED) is 0.776. The number of carbonyl (C=O) groups is 1. The van der Waals surface area contributed by atoms with Crippen LogP contribution in [0, 0.1) is 13.8 Å². The van der Waals surface area contributed by atoms with Crippen LogP contribution in [0.15, 0.2) is 24.3 Å². The van der Waals surface area contributed by atoms with Crippen LogP contribution < -0.4 is 4.90 Å². The number of aromatic nitrogens is 2. The minimum Gasteiger partial charge on any atom is -0.378 e. The fraction of sp³-hybridized carbons (Fsp3) is 0.500. The Hall–Kier alpha value is -2.67. The Morgan fingerprint density at radius 2 is 1.72 bits per heavy atom. The summed E-state index contributed by atoms with van der Waals surface area (Å²) in [5.41, 5.74) is 4.51. The minimum atomic E-state index is 0.0588. The normalized spacial score (nSPS) is 14.2. The van der Waals surface area contributed by atoms with E-state index >= 15 is 0 Å². The summed E-state index contributed by atoms with van der Waals surface area (Å²) in [6.07, 6.45) is 0.755. The standard InChI is InChI=1S/C22H31N5O2/c1-16-6-8-18(9-7-16)14-19-20(15-29-5)23-17(2)24-21(19)26-10-12-27(13-11-26)22(28)25(3)4/h6-9H,10-15H2,1-5H3. The Morgan fingerprint density at radius 1 is 1.07 bits per heavy atom. The lowest BCUT2D eigenvalue weighted by molar-refractivity contribution is 0.167. The zero-order valence-corrected chi connectivity index (χ0v) is 18.1. The van der Waals surface area contributed by atoms with Crippen molar-refractivity contribution in [2.45, 2.75) is 26.9 Å². The van der Waals surface area contributed by atoms with E-state index in [9.17, 15) is 4.79 Å². The third kappa shape index (κ3) is 5.03. The summed E-state index contributed by atoms with van der Waals surface area (Å²) in [5.74, 6) is 1.70. The molecule has 0 N–H and O–H groups in total. The number of urea groups is 1. The maximum atomic E-state index is 12.3. The summed E-state index contributed by atoms with van der Waals surface area (Å²) < 4.78 is 5.43. The molecule has 0 saturated carbocycles. The predicted octanol–water partition coefficient (Wildman–Crippen LogP) is 2.63. The van der Waals surface area contributed by atoms with E-state index in [0.29, 0.717) is 19.7 Å². The van der Waals surface area contributed by atoms with E-state index in [0.717, 1.165) is 42.4 Å². The van der Waals surface area contributed by atoms with E-state index in [1.807, 2.05) is 11.8 Å². The molecule has 1 aromatic heterocycles. The number of rotatable bonds is 5. The molecule has 1 aliphatic rings. The topological polar surface area (TPSA) is 61.8 Å². The van der Waals surface area contributed by atoms with Gasteiger partial charge in [-0.3, -0.25) is 0 Å². The second kappa shape index (κ2) is 9.22. The smallest absolute Gasteiger partial charge is 0.319 e. The molecule has 0 atom stereocenters. The number of ether oxygens (including phenoxy) is 1. The molecule has 156 valence electrons. The molecule has 1 saturated heterocycles. The monoisotopic (exact) mass is 397 g/mol. The average Bonchev–Trinajstić information content (AvgIpc) is 2.71. The van der Waals surface area contributed by atoms with Crippen LogP contribution in [0.3, 0.4) is 0 Å². The zero-order valence-electron chi connectivity index (χ0n) is 18.1. The van der Waals surface area contributed by atoms with Crippen LogP contribution in [0.4, 0.5) is 10.6 Å². The third-order valence-electron chi connectivity index (χ3n) is 5.20. The van der Waals surface area contributed by atoms with Crippen LogP contribution >= 0.6 is 0 Å². The molecular formula is C22H31N5O2. The van der Waals surface area contributed by atoms with Gasteiger partial charge in [0, 0.05) is 59.4 Å². The van der Waals surface area contributed by atoms with Gasteiger partial charge in [0.25, 0.3) is 0 Å². The van der Waals surface area contributed by atoms with Crippen LogP contribution in [-0.2, 0) is 17.8 Å². The van der Waals surface area contributed by atoms with Crippen molar-refractivity contribution < 1.29 is 9.53 Å². The van der Waals surface area contributed by atoms with Gasteiger partial charge >= 0.3 is 6.03 Å². The summed E-state index contributed by atoms with van der Waals surface area (Å²) >= 11 is 0. The van der Waals surface area contributed by atoms with Crippen molar-refractivity contribution in [1.82, 2.24) is 19.8 Å². The lowest BCUT2D eigenvalue weighted by Crippen LogP contribution is -2.52. The summed E-state index contributed by atoms with van der Waals surface area (Å²) in [4.78, 5) is 27.5. The molecule has 0 aliphatic carbocycles. The van der Waals surface area contributed by atoms with Gasteiger partial charge in [-0.05, 0) is 19.4 Å². The van der Waals surface area contributed by atoms with E-state index in [4.69, 9.17) is 9.72 Å². The molecule has 3 rings (SSSR count). The molecule has 1 aromatic carbocycles. The highest BCUT2D eigenvalue weighted by Gasteiger charge is 2.26. The highest BCUT2D eigenvalue weighted by atomic mass is 16.5. The first-order valence-corrected chi connectivity index (χ1v) is 10.0. The maximum Gasteiger partial charge on any atom is 0.319 e. The lowest BCUT2D eigenvalue weighted by atomic mass is 10.0. The van der Waals surface area contributed by atoms with E-state index in [1.165, 1.54) is 11.1 Å². The lowest BCUT2D eigenvalue weighted by Gasteiger charge is -2.37. The minimum absolute atomic E-state index is 0.0588. The highest BCUT2D eigenvalue weighted by Crippen LogP contribution is 2.26. The van der Waals surface area contributed by atoms with Gasteiger partial charge in [0.05, 0.1) is 12.3 Å². The Bertz CT molecular complexity index is 843. The number of benzene rings is 1. The number of piperazine rings is 1. The molecule has 2 amide bonds. The summed E-state index contributed by atoms with van der Waals surface area (Å²) in [6.45, 7) is 7.34. The Labute approximate surface area is 173 Å². The molecule has 29 heavy (non-hydrogen) atoms. The molecule has 7 nitrogen and oxygen atoms in total. The number of amides is 2. The van der Waals surface area contributed by atoms with Crippen molar-refractivity contribution in [3.63, 3.8) is 0 Å². The maximum absolute atomic E-state index is 12.3. The Balaban J connectivity index is 1.89. The zero-order chi connectivity index (χ0) is 21.0. The molecule has 0 radical (unpaired) electrons. The molecular weight excluding hydrogens is 366 g/mol. The second-order valence-electron chi connectivity index (χ2n) is 7.77. The van der Waals surface area contributed by atoms with Gasteiger partial charge in [-0.1, -0.05) is 29.8 Å². The molecule has 1 fully saturated rings. The van der Waals surface area contributed by atoms with E-state index in [-0.39, 0.29) is 6.03 Å². The number of carbonyl (C=O) groups excluding carboxylic acids is 1. The van der Waals surface area contributed by atoms with Crippen molar-refractivity contribution in [3.8, 4) is 0 Å². The molecule has 0 bridgehead atoms. The fourth-order valence-corrected chi connectivity index (χ4v) is 3.64. The SMILES string of the molecule is COCc1nc(C)nc(N2CCN(C(=O)N(C)C)CC2)c1Cc1ccc(C)cc1. The Kier molecular flexibility index (Phi) is 6.69. The fourth-order valence-electron chi connectivity index (χ4n) is 3.64. The number of nitrogens with zero attached hydrogens (tertiary/aromatic N) is 5.